The average molecular weight is 451 g/mol. The Morgan fingerprint density at radius 3 is 2.15 bits per heavy atom. The Morgan fingerprint density at radius 1 is 0.882 bits per heavy atom. The predicted molar refractivity (Wildman–Crippen MR) is 137 cm³/mol. The smallest absolute Gasteiger partial charge is 0.410 e. The molecule has 1 saturated heterocycles. The third-order valence-electron chi connectivity index (χ3n) is 7.67. The van der Waals surface area contributed by atoms with Gasteiger partial charge in [0, 0.05) is 37.3 Å². The highest BCUT2D eigenvalue weighted by Crippen LogP contribution is 2.45. The molecule has 4 heteroatoms. The zero-order valence-electron chi connectivity index (χ0n) is 19.8. The number of hydrogen-bond donors (Lipinski definition) is 0. The van der Waals surface area contributed by atoms with Crippen molar-refractivity contribution >= 4 is 17.4 Å². The monoisotopic (exact) mass is 450 g/mol. The lowest BCUT2D eigenvalue weighted by atomic mass is 9.93. The minimum Gasteiger partial charge on any atom is -0.448 e. The largest absolute Gasteiger partial charge is 0.448 e. The zero-order valence-corrected chi connectivity index (χ0v) is 19.8. The van der Waals surface area contributed by atoms with Crippen LogP contribution in [0.2, 0.25) is 0 Å². The van der Waals surface area contributed by atoms with E-state index >= 15 is 0 Å². The molecule has 1 aliphatic carbocycles. The number of fused-ring (bicyclic) bond motifs is 5. The molecule has 0 saturated carbocycles. The number of ether oxygens (including phenoxy) is 1. The van der Waals surface area contributed by atoms with Crippen molar-refractivity contribution in [1.82, 2.24) is 4.90 Å². The lowest BCUT2D eigenvalue weighted by molar-refractivity contribution is 0.0867. The Labute approximate surface area is 201 Å². The van der Waals surface area contributed by atoms with E-state index in [0.29, 0.717) is 6.61 Å². The number of carbonyl (C=O) groups is 1. The highest BCUT2D eigenvalue weighted by Gasteiger charge is 2.41. The normalized spacial score (nSPS) is 20.5. The first kappa shape index (κ1) is 21.0. The Balaban J connectivity index is 1.21. The van der Waals surface area contributed by atoms with Crippen molar-refractivity contribution in [2.75, 3.05) is 25.6 Å². The SMILES string of the molecule is CN(C)c1ccccc1C1=CC2CCC(C1)N2C(=O)OCC1c2ccccc2-c2ccccc21. The van der Waals surface area contributed by atoms with Crippen LogP contribution in [0.4, 0.5) is 10.5 Å². The maximum absolute atomic E-state index is 13.3. The van der Waals surface area contributed by atoms with Gasteiger partial charge < -0.3 is 9.64 Å². The maximum atomic E-state index is 13.3. The van der Waals surface area contributed by atoms with Gasteiger partial charge in [-0.15, -0.1) is 0 Å². The van der Waals surface area contributed by atoms with Gasteiger partial charge in [-0.25, -0.2) is 4.79 Å². The second kappa shape index (κ2) is 8.35. The number of hydrogen-bond acceptors (Lipinski definition) is 3. The second-order valence-corrected chi connectivity index (χ2v) is 9.82. The summed E-state index contributed by atoms with van der Waals surface area (Å²) in [5.41, 5.74) is 8.86. The number of anilines is 1. The van der Waals surface area contributed by atoms with Crippen molar-refractivity contribution in [3.8, 4) is 11.1 Å². The van der Waals surface area contributed by atoms with Gasteiger partial charge in [0.2, 0.25) is 0 Å². The summed E-state index contributed by atoms with van der Waals surface area (Å²) in [6, 6.07) is 25.8. The predicted octanol–water partition coefficient (Wildman–Crippen LogP) is 6.32. The van der Waals surface area contributed by atoms with Crippen LogP contribution in [-0.2, 0) is 4.74 Å². The van der Waals surface area contributed by atoms with Gasteiger partial charge >= 0.3 is 6.09 Å². The summed E-state index contributed by atoms with van der Waals surface area (Å²) >= 11 is 0. The van der Waals surface area contributed by atoms with Gasteiger partial charge in [-0.2, -0.15) is 0 Å². The Bertz CT molecular complexity index is 1230. The highest BCUT2D eigenvalue weighted by atomic mass is 16.6. The van der Waals surface area contributed by atoms with Crippen LogP contribution in [0.3, 0.4) is 0 Å². The van der Waals surface area contributed by atoms with Crippen LogP contribution < -0.4 is 4.90 Å². The summed E-state index contributed by atoms with van der Waals surface area (Å²) < 4.78 is 6.01. The minimum atomic E-state index is -0.175. The van der Waals surface area contributed by atoms with E-state index in [0.717, 1.165) is 19.3 Å². The van der Waals surface area contributed by atoms with Gasteiger partial charge in [0.15, 0.2) is 0 Å². The molecule has 0 N–H and O–H groups in total. The number of amides is 1. The molecule has 2 unspecified atom stereocenters. The summed E-state index contributed by atoms with van der Waals surface area (Å²) in [6.07, 6.45) is 5.03. The Hall–Kier alpha value is -3.53. The van der Waals surface area contributed by atoms with Crippen molar-refractivity contribution in [2.45, 2.75) is 37.3 Å². The van der Waals surface area contributed by atoms with E-state index in [1.165, 1.54) is 39.1 Å². The summed E-state index contributed by atoms with van der Waals surface area (Å²) in [6.45, 7) is 0.378. The van der Waals surface area contributed by atoms with E-state index in [1.807, 2.05) is 4.90 Å². The minimum absolute atomic E-state index is 0.0943. The second-order valence-electron chi connectivity index (χ2n) is 9.82. The van der Waals surface area contributed by atoms with E-state index in [9.17, 15) is 4.79 Å². The molecule has 34 heavy (non-hydrogen) atoms. The molecule has 3 aromatic carbocycles. The van der Waals surface area contributed by atoms with Crippen LogP contribution in [0, 0.1) is 0 Å². The van der Waals surface area contributed by atoms with Crippen molar-refractivity contribution in [3.05, 3.63) is 95.6 Å². The molecule has 172 valence electrons. The molecule has 1 amide bonds. The van der Waals surface area contributed by atoms with Gasteiger partial charge in [0.25, 0.3) is 0 Å². The summed E-state index contributed by atoms with van der Waals surface area (Å²) in [5.74, 6) is 0.0943. The number of benzene rings is 3. The van der Waals surface area contributed by atoms with E-state index in [2.05, 4.69) is 97.9 Å². The average Bonchev–Trinajstić information content (AvgIpc) is 3.33. The van der Waals surface area contributed by atoms with Crippen molar-refractivity contribution in [2.24, 2.45) is 0 Å². The van der Waals surface area contributed by atoms with Gasteiger partial charge in [-0.1, -0.05) is 72.8 Å². The molecular weight excluding hydrogens is 420 g/mol. The quantitative estimate of drug-likeness (QED) is 0.466. The van der Waals surface area contributed by atoms with E-state index in [-0.39, 0.29) is 24.1 Å². The number of nitrogens with zero attached hydrogens (tertiary/aromatic N) is 2. The van der Waals surface area contributed by atoms with E-state index in [1.54, 1.807) is 0 Å². The van der Waals surface area contributed by atoms with Gasteiger partial charge in [0.1, 0.15) is 6.61 Å². The summed E-state index contributed by atoms with van der Waals surface area (Å²) in [7, 11) is 4.17. The fourth-order valence-corrected chi connectivity index (χ4v) is 6.12. The van der Waals surface area contributed by atoms with Crippen LogP contribution in [0.15, 0.2) is 78.9 Å². The molecule has 0 radical (unpaired) electrons. The third kappa shape index (κ3) is 3.40. The molecule has 2 atom stereocenters. The molecule has 3 aromatic rings. The molecular formula is C30H30N2O2. The van der Waals surface area contributed by atoms with Crippen LogP contribution in [0.5, 0.6) is 0 Å². The van der Waals surface area contributed by atoms with Gasteiger partial charge in [0.05, 0.1) is 6.04 Å². The lowest BCUT2D eigenvalue weighted by Crippen LogP contribution is -2.43. The van der Waals surface area contributed by atoms with Gasteiger partial charge in [-0.05, 0) is 53.2 Å². The molecule has 0 spiro atoms. The van der Waals surface area contributed by atoms with Gasteiger partial charge in [-0.3, -0.25) is 4.90 Å². The molecule has 3 aliphatic rings. The molecule has 6 rings (SSSR count). The molecule has 4 nitrogen and oxygen atoms in total. The number of carbonyl (C=O) groups excluding carboxylic acids is 1. The summed E-state index contributed by atoms with van der Waals surface area (Å²) in [4.78, 5) is 17.5. The van der Waals surface area contributed by atoms with Crippen LogP contribution >= 0.6 is 0 Å². The van der Waals surface area contributed by atoms with Crippen LogP contribution in [0.1, 0.15) is 41.9 Å². The van der Waals surface area contributed by atoms with Crippen LogP contribution in [-0.4, -0.2) is 43.8 Å². The van der Waals surface area contributed by atoms with E-state index < -0.39 is 0 Å². The first-order chi connectivity index (χ1) is 16.6. The first-order valence-corrected chi connectivity index (χ1v) is 12.2. The summed E-state index contributed by atoms with van der Waals surface area (Å²) in [5, 5.41) is 0. The standard InChI is InChI=1S/C30H30N2O2/c1-31(2)29-14-8-7-9-23(29)20-17-21-15-16-22(18-20)32(21)30(33)34-19-28-26-12-5-3-10-24(26)25-11-4-6-13-27(25)28/h3-14,17,21-22,28H,15-16,18-19H2,1-2H3. The Morgan fingerprint density at radius 2 is 1.50 bits per heavy atom. The number of para-hydroxylation sites is 1. The van der Waals surface area contributed by atoms with Crippen LogP contribution in [0.25, 0.3) is 16.7 Å². The van der Waals surface area contributed by atoms with Crippen molar-refractivity contribution < 1.29 is 9.53 Å². The number of rotatable bonds is 4. The fourth-order valence-electron chi connectivity index (χ4n) is 6.12. The molecule has 2 aliphatic heterocycles. The zero-order chi connectivity index (χ0) is 23.2. The van der Waals surface area contributed by atoms with Crippen molar-refractivity contribution in [1.29, 1.82) is 0 Å². The molecule has 2 heterocycles. The van der Waals surface area contributed by atoms with E-state index in [4.69, 9.17) is 4.74 Å². The maximum Gasteiger partial charge on any atom is 0.410 e. The third-order valence-corrected chi connectivity index (χ3v) is 7.67. The first-order valence-electron chi connectivity index (χ1n) is 12.2. The molecule has 2 bridgehead atoms. The van der Waals surface area contributed by atoms with Crippen molar-refractivity contribution in [3.63, 3.8) is 0 Å². The lowest BCUT2D eigenvalue weighted by Gasteiger charge is -2.34. The molecule has 0 aromatic heterocycles. The fraction of sp³-hybridized carbons (Fsp3) is 0.300. The molecule has 1 fully saturated rings. The highest BCUT2D eigenvalue weighted by molar-refractivity contribution is 5.81. The Kier molecular flexibility index (Phi) is 5.17. The topological polar surface area (TPSA) is 32.8 Å².